The first kappa shape index (κ1) is 17.3. The molecule has 4 aromatic heterocycles. The van der Waals surface area contributed by atoms with Gasteiger partial charge in [0.2, 0.25) is 5.95 Å². The standard InChI is InChI=1S/C21H19N7O/c29-20-15-19(25-18-6-2-4-10-28(18)20)26-11-13-27(14-12-26)21-23-9-7-17(24-21)16-5-1-3-8-22-16/h1-10,15H,11-14H2. The minimum Gasteiger partial charge on any atom is -0.353 e. The van der Waals surface area contributed by atoms with Crippen molar-refractivity contribution < 1.29 is 0 Å². The molecule has 5 heterocycles. The van der Waals surface area contributed by atoms with Crippen molar-refractivity contribution in [2.75, 3.05) is 36.0 Å². The van der Waals surface area contributed by atoms with Gasteiger partial charge in [-0.1, -0.05) is 12.1 Å². The van der Waals surface area contributed by atoms with E-state index in [-0.39, 0.29) is 5.56 Å². The van der Waals surface area contributed by atoms with Crippen molar-refractivity contribution in [2.24, 2.45) is 0 Å². The Morgan fingerprint density at radius 1 is 0.759 bits per heavy atom. The van der Waals surface area contributed by atoms with Gasteiger partial charge in [-0.15, -0.1) is 0 Å². The number of rotatable bonds is 3. The second kappa shape index (κ2) is 7.31. The van der Waals surface area contributed by atoms with Crippen LogP contribution < -0.4 is 15.4 Å². The van der Waals surface area contributed by atoms with Crippen LogP contribution >= 0.6 is 0 Å². The van der Waals surface area contributed by atoms with Crippen LogP contribution in [0.4, 0.5) is 11.8 Å². The molecule has 0 aromatic carbocycles. The van der Waals surface area contributed by atoms with Crippen LogP contribution in [0.5, 0.6) is 0 Å². The molecule has 0 radical (unpaired) electrons. The van der Waals surface area contributed by atoms with Gasteiger partial charge in [0.1, 0.15) is 11.5 Å². The van der Waals surface area contributed by atoms with E-state index in [4.69, 9.17) is 0 Å². The van der Waals surface area contributed by atoms with Gasteiger partial charge >= 0.3 is 0 Å². The molecule has 1 fully saturated rings. The number of pyridine rings is 2. The summed E-state index contributed by atoms with van der Waals surface area (Å²) in [5.74, 6) is 1.41. The van der Waals surface area contributed by atoms with Crippen LogP contribution in [-0.2, 0) is 0 Å². The SMILES string of the molecule is O=c1cc(N2CCN(c3nccc(-c4ccccn4)n3)CC2)nc2ccccn12. The van der Waals surface area contributed by atoms with Crippen LogP contribution in [0.2, 0.25) is 0 Å². The zero-order valence-electron chi connectivity index (χ0n) is 15.7. The maximum atomic E-state index is 12.4. The highest BCUT2D eigenvalue weighted by Gasteiger charge is 2.21. The maximum absolute atomic E-state index is 12.4. The summed E-state index contributed by atoms with van der Waals surface area (Å²) in [6, 6.07) is 14.8. The van der Waals surface area contributed by atoms with Crippen molar-refractivity contribution in [1.82, 2.24) is 24.3 Å². The van der Waals surface area contributed by atoms with Gasteiger partial charge in [-0.05, 0) is 30.3 Å². The molecule has 0 spiro atoms. The van der Waals surface area contributed by atoms with E-state index in [1.54, 1.807) is 29.1 Å². The third-order valence-electron chi connectivity index (χ3n) is 5.01. The van der Waals surface area contributed by atoms with E-state index in [9.17, 15) is 4.79 Å². The molecule has 1 aliphatic heterocycles. The summed E-state index contributed by atoms with van der Waals surface area (Å²) in [6.07, 6.45) is 5.26. The van der Waals surface area contributed by atoms with Crippen molar-refractivity contribution in [2.45, 2.75) is 0 Å². The third-order valence-corrected chi connectivity index (χ3v) is 5.01. The highest BCUT2D eigenvalue weighted by Crippen LogP contribution is 2.19. The van der Waals surface area contributed by atoms with Gasteiger partial charge in [-0.25, -0.2) is 15.0 Å². The fraction of sp³-hybridized carbons (Fsp3) is 0.190. The van der Waals surface area contributed by atoms with E-state index in [2.05, 4.69) is 29.7 Å². The molecule has 4 aromatic rings. The summed E-state index contributed by atoms with van der Waals surface area (Å²) in [6.45, 7) is 2.99. The summed E-state index contributed by atoms with van der Waals surface area (Å²) in [7, 11) is 0. The molecule has 0 amide bonds. The molecule has 0 aliphatic carbocycles. The lowest BCUT2D eigenvalue weighted by molar-refractivity contribution is 0.634. The zero-order chi connectivity index (χ0) is 19.6. The predicted octanol–water partition coefficient (Wildman–Crippen LogP) is 1.87. The van der Waals surface area contributed by atoms with E-state index in [0.29, 0.717) is 17.4 Å². The Kier molecular flexibility index (Phi) is 4.36. The van der Waals surface area contributed by atoms with Crippen molar-refractivity contribution >= 4 is 17.4 Å². The van der Waals surface area contributed by atoms with Gasteiger partial charge in [-0.3, -0.25) is 14.2 Å². The van der Waals surface area contributed by atoms with Crippen molar-refractivity contribution in [3.8, 4) is 11.4 Å². The summed E-state index contributed by atoms with van der Waals surface area (Å²) >= 11 is 0. The van der Waals surface area contributed by atoms with Crippen LogP contribution in [0.1, 0.15) is 0 Å². The van der Waals surface area contributed by atoms with Crippen LogP contribution in [0.15, 0.2) is 71.9 Å². The molecular formula is C21H19N7O. The number of nitrogens with zero attached hydrogens (tertiary/aromatic N) is 7. The Balaban J connectivity index is 1.34. The number of anilines is 2. The first-order chi connectivity index (χ1) is 14.3. The Morgan fingerprint density at radius 3 is 2.41 bits per heavy atom. The van der Waals surface area contributed by atoms with E-state index in [0.717, 1.165) is 37.6 Å². The normalized spacial score (nSPS) is 14.3. The van der Waals surface area contributed by atoms with Crippen LogP contribution in [-0.4, -0.2) is 50.5 Å². The summed E-state index contributed by atoms with van der Waals surface area (Å²) in [5, 5.41) is 0. The number of hydrogen-bond acceptors (Lipinski definition) is 7. The lowest BCUT2D eigenvalue weighted by Crippen LogP contribution is -2.47. The summed E-state index contributed by atoms with van der Waals surface area (Å²) in [4.78, 5) is 34.8. The highest BCUT2D eigenvalue weighted by molar-refractivity contribution is 5.55. The summed E-state index contributed by atoms with van der Waals surface area (Å²) < 4.78 is 1.55. The fourth-order valence-corrected chi connectivity index (χ4v) is 3.50. The lowest BCUT2D eigenvalue weighted by Gasteiger charge is -2.35. The lowest BCUT2D eigenvalue weighted by atomic mass is 10.2. The Morgan fingerprint density at radius 2 is 1.59 bits per heavy atom. The molecular weight excluding hydrogens is 366 g/mol. The van der Waals surface area contributed by atoms with Gasteiger partial charge in [0.15, 0.2) is 0 Å². The Bertz CT molecular complexity index is 1200. The van der Waals surface area contributed by atoms with Gasteiger partial charge < -0.3 is 9.80 Å². The van der Waals surface area contributed by atoms with E-state index in [1.807, 2.05) is 42.5 Å². The topological polar surface area (TPSA) is 79.5 Å². The molecule has 1 aliphatic rings. The minimum absolute atomic E-state index is 0.0700. The molecule has 0 bridgehead atoms. The quantitative estimate of drug-likeness (QED) is 0.533. The molecule has 0 unspecified atom stereocenters. The van der Waals surface area contributed by atoms with E-state index in [1.165, 1.54) is 0 Å². The van der Waals surface area contributed by atoms with E-state index < -0.39 is 0 Å². The Hall–Kier alpha value is -3.81. The maximum Gasteiger partial charge on any atom is 0.259 e. The third kappa shape index (κ3) is 3.40. The van der Waals surface area contributed by atoms with Crippen molar-refractivity contribution in [1.29, 1.82) is 0 Å². The average Bonchev–Trinajstić information content (AvgIpc) is 2.80. The molecule has 0 atom stereocenters. The minimum atomic E-state index is -0.0700. The molecule has 8 nitrogen and oxygen atoms in total. The molecule has 1 saturated heterocycles. The monoisotopic (exact) mass is 385 g/mol. The largest absolute Gasteiger partial charge is 0.353 e. The molecule has 144 valence electrons. The van der Waals surface area contributed by atoms with Gasteiger partial charge in [-0.2, -0.15) is 0 Å². The smallest absolute Gasteiger partial charge is 0.259 e. The second-order valence-corrected chi connectivity index (χ2v) is 6.81. The van der Waals surface area contributed by atoms with Gasteiger partial charge in [0.05, 0.1) is 11.4 Å². The number of hydrogen-bond donors (Lipinski definition) is 0. The predicted molar refractivity (Wildman–Crippen MR) is 111 cm³/mol. The molecule has 0 N–H and O–H groups in total. The molecule has 0 saturated carbocycles. The summed E-state index contributed by atoms with van der Waals surface area (Å²) in [5.41, 5.74) is 2.22. The number of aromatic nitrogens is 5. The number of piperazine rings is 1. The van der Waals surface area contributed by atoms with Gasteiger partial charge in [0.25, 0.3) is 5.56 Å². The van der Waals surface area contributed by atoms with Crippen LogP contribution in [0, 0.1) is 0 Å². The van der Waals surface area contributed by atoms with Gasteiger partial charge in [0, 0.05) is 50.8 Å². The average molecular weight is 385 g/mol. The second-order valence-electron chi connectivity index (χ2n) is 6.81. The van der Waals surface area contributed by atoms with Crippen molar-refractivity contribution in [3.63, 3.8) is 0 Å². The van der Waals surface area contributed by atoms with E-state index >= 15 is 0 Å². The molecule has 8 heteroatoms. The first-order valence-corrected chi connectivity index (χ1v) is 9.51. The van der Waals surface area contributed by atoms with Crippen LogP contribution in [0.25, 0.3) is 17.0 Å². The highest BCUT2D eigenvalue weighted by atomic mass is 16.1. The zero-order valence-corrected chi connectivity index (χ0v) is 15.7. The van der Waals surface area contributed by atoms with Crippen LogP contribution in [0.3, 0.4) is 0 Å². The van der Waals surface area contributed by atoms with Crippen molar-refractivity contribution in [3.05, 3.63) is 77.5 Å². The molecule has 5 rings (SSSR count). The first-order valence-electron chi connectivity index (χ1n) is 9.51. The molecule has 29 heavy (non-hydrogen) atoms. The number of fused-ring (bicyclic) bond motifs is 1. The Labute approximate surface area is 167 Å². The fourth-order valence-electron chi connectivity index (χ4n) is 3.50.